The van der Waals surface area contributed by atoms with E-state index < -0.39 is 6.10 Å². The minimum absolute atomic E-state index is 0.359. The highest BCUT2D eigenvalue weighted by atomic mass is 32.1. The van der Waals surface area contributed by atoms with Crippen molar-refractivity contribution in [2.24, 2.45) is 4.99 Å². The third-order valence-electron chi connectivity index (χ3n) is 3.44. The number of hydrogen-bond acceptors (Lipinski definition) is 6. The summed E-state index contributed by atoms with van der Waals surface area (Å²) >= 11 is 1.59. The van der Waals surface area contributed by atoms with Crippen LogP contribution < -0.4 is 10.6 Å². The van der Waals surface area contributed by atoms with Gasteiger partial charge in [-0.25, -0.2) is 0 Å². The number of fused-ring (bicyclic) bond motifs is 1. The van der Waals surface area contributed by atoms with Gasteiger partial charge in [0.2, 0.25) is 5.89 Å². The molecule has 0 spiro atoms. The highest BCUT2D eigenvalue weighted by Crippen LogP contribution is 2.29. The summed E-state index contributed by atoms with van der Waals surface area (Å²) in [5.74, 6) is 1.65. The van der Waals surface area contributed by atoms with Gasteiger partial charge < -0.3 is 20.3 Å². The SMILES string of the molecule is CN=C(NCc1noc(C)n1)NCC(O)c1cc2ccccc2s1. The average Bonchev–Trinajstić information content (AvgIpc) is 3.20. The summed E-state index contributed by atoms with van der Waals surface area (Å²) in [5.41, 5.74) is 0. The number of nitrogens with zero attached hydrogens (tertiary/aromatic N) is 3. The summed E-state index contributed by atoms with van der Waals surface area (Å²) in [6.07, 6.45) is -0.603. The number of aliphatic hydroxyl groups is 1. The van der Waals surface area contributed by atoms with E-state index in [1.54, 1.807) is 25.3 Å². The van der Waals surface area contributed by atoms with Gasteiger partial charge in [0.05, 0.1) is 6.54 Å². The van der Waals surface area contributed by atoms with Gasteiger partial charge in [0, 0.05) is 30.1 Å². The largest absolute Gasteiger partial charge is 0.386 e. The van der Waals surface area contributed by atoms with Gasteiger partial charge in [-0.3, -0.25) is 4.99 Å². The molecule has 0 amide bonds. The molecule has 0 aliphatic carbocycles. The number of nitrogens with one attached hydrogen (secondary N) is 2. The van der Waals surface area contributed by atoms with Crippen molar-refractivity contribution in [2.45, 2.75) is 19.6 Å². The molecular formula is C16H19N5O2S. The summed E-state index contributed by atoms with van der Waals surface area (Å²) < 4.78 is 6.08. The lowest BCUT2D eigenvalue weighted by Gasteiger charge is -2.13. The lowest BCUT2D eigenvalue weighted by atomic mass is 10.2. The van der Waals surface area contributed by atoms with Gasteiger partial charge in [-0.1, -0.05) is 23.4 Å². The molecule has 3 rings (SSSR count). The van der Waals surface area contributed by atoms with E-state index in [1.165, 1.54) is 4.70 Å². The number of thiophene rings is 1. The zero-order valence-electron chi connectivity index (χ0n) is 13.5. The molecule has 0 aliphatic heterocycles. The fourth-order valence-electron chi connectivity index (χ4n) is 2.26. The van der Waals surface area contributed by atoms with Crippen LogP contribution in [0.25, 0.3) is 10.1 Å². The van der Waals surface area contributed by atoms with Crippen molar-refractivity contribution in [1.29, 1.82) is 0 Å². The van der Waals surface area contributed by atoms with Crippen molar-refractivity contribution in [3.05, 3.63) is 46.9 Å². The fraction of sp³-hybridized carbons (Fsp3) is 0.312. The third kappa shape index (κ3) is 3.90. The smallest absolute Gasteiger partial charge is 0.223 e. The maximum absolute atomic E-state index is 10.4. The van der Waals surface area contributed by atoms with Crippen molar-refractivity contribution < 1.29 is 9.63 Å². The molecule has 0 fully saturated rings. The minimum Gasteiger partial charge on any atom is -0.386 e. The molecule has 0 saturated heterocycles. The Labute approximate surface area is 143 Å². The fourth-order valence-corrected chi connectivity index (χ4v) is 3.31. The first-order valence-corrected chi connectivity index (χ1v) is 8.37. The van der Waals surface area contributed by atoms with E-state index in [9.17, 15) is 5.11 Å². The highest BCUT2D eigenvalue weighted by molar-refractivity contribution is 7.19. The zero-order valence-corrected chi connectivity index (χ0v) is 14.3. The maximum Gasteiger partial charge on any atom is 0.223 e. The zero-order chi connectivity index (χ0) is 16.9. The lowest BCUT2D eigenvalue weighted by molar-refractivity contribution is 0.184. The summed E-state index contributed by atoms with van der Waals surface area (Å²) in [4.78, 5) is 9.16. The Kier molecular flexibility index (Phi) is 5.07. The van der Waals surface area contributed by atoms with Gasteiger partial charge in [-0.15, -0.1) is 11.3 Å². The topological polar surface area (TPSA) is 95.6 Å². The van der Waals surface area contributed by atoms with Crippen molar-refractivity contribution in [2.75, 3.05) is 13.6 Å². The number of aromatic nitrogens is 2. The number of guanidine groups is 1. The van der Waals surface area contributed by atoms with E-state index in [1.807, 2.05) is 24.3 Å². The van der Waals surface area contributed by atoms with Crippen LogP contribution in [0.2, 0.25) is 0 Å². The Morgan fingerprint density at radius 1 is 1.38 bits per heavy atom. The van der Waals surface area contributed by atoms with Crippen molar-refractivity contribution in [3.63, 3.8) is 0 Å². The Balaban J connectivity index is 1.54. The Hall–Kier alpha value is -2.45. The molecule has 0 radical (unpaired) electrons. The number of hydrogen-bond donors (Lipinski definition) is 3. The molecule has 1 aromatic carbocycles. The van der Waals surface area contributed by atoms with E-state index in [0.29, 0.717) is 30.8 Å². The molecule has 0 bridgehead atoms. The van der Waals surface area contributed by atoms with Crippen LogP contribution in [-0.4, -0.2) is 34.8 Å². The van der Waals surface area contributed by atoms with Crippen molar-refractivity contribution in [1.82, 2.24) is 20.8 Å². The molecule has 24 heavy (non-hydrogen) atoms. The summed E-state index contributed by atoms with van der Waals surface area (Å²) in [7, 11) is 1.67. The second kappa shape index (κ2) is 7.41. The van der Waals surface area contributed by atoms with Gasteiger partial charge in [0.25, 0.3) is 0 Å². The normalized spacial score (nSPS) is 13.2. The molecule has 7 nitrogen and oxygen atoms in total. The molecule has 1 unspecified atom stereocenters. The Morgan fingerprint density at radius 3 is 2.92 bits per heavy atom. The van der Waals surface area contributed by atoms with Crippen LogP contribution in [0.3, 0.4) is 0 Å². The second-order valence-corrected chi connectivity index (χ2v) is 6.35. The number of aryl methyl sites for hydroxylation is 1. The first kappa shape index (κ1) is 16.4. The van der Waals surface area contributed by atoms with Crippen molar-refractivity contribution in [3.8, 4) is 0 Å². The van der Waals surface area contributed by atoms with E-state index in [-0.39, 0.29) is 0 Å². The number of rotatable bonds is 5. The van der Waals surface area contributed by atoms with Crippen molar-refractivity contribution >= 4 is 27.4 Å². The predicted octanol–water partition coefficient (Wildman–Crippen LogP) is 1.99. The van der Waals surface area contributed by atoms with Gasteiger partial charge in [0.1, 0.15) is 6.10 Å². The van der Waals surface area contributed by atoms with Crippen LogP contribution in [0.4, 0.5) is 0 Å². The third-order valence-corrected chi connectivity index (χ3v) is 4.66. The standard InChI is InChI=1S/C16H19N5O2S/c1-10-20-15(21-23-10)9-19-16(17-2)18-8-12(22)14-7-11-5-3-4-6-13(11)24-14/h3-7,12,22H,8-9H2,1-2H3,(H2,17,18,19). The minimum atomic E-state index is -0.603. The Morgan fingerprint density at radius 2 is 2.21 bits per heavy atom. The first-order chi connectivity index (χ1) is 11.7. The summed E-state index contributed by atoms with van der Waals surface area (Å²) in [6.45, 7) is 2.50. The van der Waals surface area contributed by atoms with Gasteiger partial charge in [-0.2, -0.15) is 4.98 Å². The van der Waals surface area contributed by atoms with E-state index in [4.69, 9.17) is 4.52 Å². The van der Waals surface area contributed by atoms with E-state index in [2.05, 4.69) is 31.8 Å². The highest BCUT2D eigenvalue weighted by Gasteiger charge is 2.12. The van der Waals surface area contributed by atoms with Gasteiger partial charge >= 0.3 is 0 Å². The van der Waals surface area contributed by atoms with Crippen LogP contribution in [0, 0.1) is 6.92 Å². The lowest BCUT2D eigenvalue weighted by Crippen LogP contribution is -2.39. The quantitative estimate of drug-likeness (QED) is 0.483. The summed E-state index contributed by atoms with van der Waals surface area (Å²) in [6, 6.07) is 10.1. The average molecular weight is 345 g/mol. The molecule has 1 atom stereocenters. The van der Waals surface area contributed by atoms with Gasteiger partial charge in [0.15, 0.2) is 11.8 Å². The van der Waals surface area contributed by atoms with Crippen LogP contribution in [-0.2, 0) is 6.54 Å². The molecule has 3 aromatic rings. The second-order valence-electron chi connectivity index (χ2n) is 5.24. The summed E-state index contributed by atoms with van der Waals surface area (Å²) in [5, 5.41) is 21.5. The molecule has 126 valence electrons. The number of benzene rings is 1. The number of aliphatic hydroxyl groups excluding tert-OH is 1. The molecule has 0 saturated carbocycles. The molecular weight excluding hydrogens is 326 g/mol. The van der Waals surface area contributed by atoms with Crippen LogP contribution in [0.15, 0.2) is 39.8 Å². The molecule has 2 heterocycles. The predicted molar refractivity (Wildman–Crippen MR) is 94.0 cm³/mol. The number of aliphatic imine (C=N–C) groups is 1. The molecule has 3 N–H and O–H groups in total. The monoisotopic (exact) mass is 345 g/mol. The Bertz CT molecular complexity index is 809. The van der Waals surface area contributed by atoms with Crippen LogP contribution in [0.1, 0.15) is 22.7 Å². The van der Waals surface area contributed by atoms with Crippen LogP contribution >= 0.6 is 11.3 Å². The molecule has 8 heteroatoms. The van der Waals surface area contributed by atoms with E-state index >= 15 is 0 Å². The molecule has 0 aliphatic rings. The van der Waals surface area contributed by atoms with Gasteiger partial charge in [-0.05, 0) is 17.5 Å². The first-order valence-electron chi connectivity index (χ1n) is 7.56. The molecule has 2 aromatic heterocycles. The van der Waals surface area contributed by atoms with Crippen LogP contribution in [0.5, 0.6) is 0 Å². The van der Waals surface area contributed by atoms with E-state index in [0.717, 1.165) is 10.3 Å². The maximum atomic E-state index is 10.4.